The van der Waals surface area contributed by atoms with Crippen molar-refractivity contribution in [1.29, 1.82) is 0 Å². The molecule has 0 aromatic rings. The summed E-state index contributed by atoms with van der Waals surface area (Å²) in [5.41, 5.74) is 0. The Hall–Kier alpha value is 0.630. The van der Waals surface area contributed by atoms with Crippen molar-refractivity contribution in [2.45, 2.75) is 24.4 Å². The summed E-state index contributed by atoms with van der Waals surface area (Å²) in [6.45, 7) is -0.760. The predicted molar refractivity (Wildman–Crippen MR) is 65.8 cm³/mol. The maximum atomic E-state index is 9.90. The van der Waals surface area contributed by atoms with Gasteiger partial charge < -0.3 is 30.3 Å². The van der Waals surface area contributed by atoms with Crippen molar-refractivity contribution < 1.29 is 47.9 Å². The molecule has 4 atom stereocenters. The molecular weight excluding hydrogens is 323 g/mol. The average molecular weight is 339 g/mol. The Balaban J connectivity index is -0.000000139. The molecule has 0 bridgehead atoms. The zero-order valence-corrected chi connectivity index (χ0v) is 10.4. The number of hydrogen-bond donors (Lipinski definition) is 7. The third-order valence-corrected chi connectivity index (χ3v) is 1.42. The summed E-state index contributed by atoms with van der Waals surface area (Å²) in [6.07, 6.45) is -6.84. The van der Waals surface area contributed by atoms with Crippen molar-refractivity contribution >= 4 is 58.6 Å². The van der Waals surface area contributed by atoms with Crippen LogP contribution in [0.5, 0.6) is 0 Å². The molecule has 0 aliphatic rings. The van der Waals surface area contributed by atoms with Crippen LogP contribution in [0.1, 0.15) is 0 Å². The van der Waals surface area contributed by atoms with Gasteiger partial charge in [0.05, 0.1) is 6.61 Å². The molecule has 0 aromatic heterocycles. The molecule has 0 unspecified atom stereocenters. The number of aliphatic hydroxyl groups excluding tert-OH is 5. The molecule has 0 heterocycles. The predicted octanol–water partition coefficient (Wildman–Crippen LogP) is -4.26. The number of aliphatic hydroxyl groups is 5. The summed E-state index contributed by atoms with van der Waals surface area (Å²) in [7, 11) is -4.67. The molecule has 0 aliphatic carbocycles. The van der Waals surface area contributed by atoms with E-state index in [2.05, 4.69) is 0 Å². The second kappa shape index (κ2) is 13.6. The van der Waals surface area contributed by atoms with Gasteiger partial charge in [-0.3, -0.25) is 9.11 Å². The van der Waals surface area contributed by atoms with Crippen LogP contribution < -0.4 is 0 Å². The number of aldehydes is 1. The fourth-order valence-corrected chi connectivity index (χ4v) is 0.618. The summed E-state index contributed by atoms with van der Waals surface area (Å²) in [6, 6.07) is 0. The van der Waals surface area contributed by atoms with Crippen LogP contribution in [0.15, 0.2) is 0 Å². The number of halogens is 1. The Bertz CT molecular complexity index is 303. The van der Waals surface area contributed by atoms with Crippen molar-refractivity contribution in [1.82, 2.24) is 0 Å². The molecule has 19 heavy (non-hydrogen) atoms. The van der Waals surface area contributed by atoms with E-state index >= 15 is 0 Å². The second-order valence-electron chi connectivity index (χ2n) is 2.81. The van der Waals surface area contributed by atoms with E-state index in [4.69, 9.17) is 43.1 Å². The average Bonchev–Trinajstić information content (AvgIpc) is 2.22. The number of carbonyl (C=O) groups is 1. The first kappa shape index (κ1) is 27.9. The fourth-order valence-electron chi connectivity index (χ4n) is 0.618. The topological polar surface area (TPSA) is 193 Å². The van der Waals surface area contributed by atoms with Gasteiger partial charge in [0.25, 0.3) is 0 Å². The summed E-state index contributed by atoms with van der Waals surface area (Å²) in [5.74, 6) is 0. The van der Waals surface area contributed by atoms with Crippen LogP contribution >= 0.6 is 12.4 Å². The van der Waals surface area contributed by atoms with Crippen molar-refractivity contribution in [3.63, 3.8) is 0 Å². The van der Waals surface area contributed by atoms with Gasteiger partial charge in [0.1, 0.15) is 24.4 Å². The van der Waals surface area contributed by atoms with Gasteiger partial charge in [-0.05, 0) is 0 Å². The van der Waals surface area contributed by atoms with Crippen molar-refractivity contribution in [3.05, 3.63) is 0 Å². The first-order chi connectivity index (χ1) is 7.54. The van der Waals surface area contributed by atoms with E-state index in [-0.39, 0.29) is 48.3 Å². The molecular formula is C6H16ClNaO10S. The molecule has 10 nitrogen and oxygen atoms in total. The second-order valence-corrected chi connectivity index (χ2v) is 3.70. The van der Waals surface area contributed by atoms with E-state index in [0.29, 0.717) is 0 Å². The van der Waals surface area contributed by atoms with E-state index in [1.54, 1.807) is 0 Å². The van der Waals surface area contributed by atoms with E-state index in [0.717, 1.165) is 0 Å². The molecule has 0 aliphatic heterocycles. The number of hydrogen-bond acceptors (Lipinski definition) is 8. The summed E-state index contributed by atoms with van der Waals surface area (Å²) >= 11 is 0. The monoisotopic (exact) mass is 338 g/mol. The van der Waals surface area contributed by atoms with Gasteiger partial charge in [0, 0.05) is 0 Å². The molecule has 0 saturated carbocycles. The van der Waals surface area contributed by atoms with Crippen molar-refractivity contribution in [3.8, 4) is 0 Å². The van der Waals surface area contributed by atoms with Gasteiger partial charge in [0.2, 0.25) is 0 Å². The van der Waals surface area contributed by atoms with Gasteiger partial charge in [-0.2, -0.15) is 8.42 Å². The zero-order valence-electron chi connectivity index (χ0n) is 8.77. The number of carbonyl (C=O) groups excluding carboxylic acids is 1. The van der Waals surface area contributed by atoms with Gasteiger partial charge in [-0.1, -0.05) is 0 Å². The van der Waals surface area contributed by atoms with Gasteiger partial charge in [-0.25, -0.2) is 0 Å². The molecule has 0 amide bonds. The minimum absolute atomic E-state index is 0. The van der Waals surface area contributed by atoms with E-state index in [9.17, 15) is 4.79 Å². The standard InChI is InChI=1S/C6H12O6.ClH.Na.H2O4S.H/c7-1-3(9)5(11)6(12)4(10)2-8;;;1-5(2,3)4;/h1,3-6,8-12H,2H2;1H;;(H2,1,2,3,4);/t3-,4+,5+,6+;;;;/m0..../s1. The normalized spacial score (nSPS) is 16.4. The van der Waals surface area contributed by atoms with Crippen LogP contribution in [-0.2, 0) is 15.2 Å². The molecule has 0 spiro atoms. The first-order valence-electron chi connectivity index (χ1n) is 4.02. The third-order valence-electron chi connectivity index (χ3n) is 1.42. The summed E-state index contributed by atoms with van der Waals surface area (Å²) < 4.78 is 31.6. The van der Waals surface area contributed by atoms with Gasteiger partial charge >= 0.3 is 40.0 Å². The van der Waals surface area contributed by atoms with Crippen molar-refractivity contribution in [2.24, 2.45) is 0 Å². The van der Waals surface area contributed by atoms with Crippen LogP contribution in [-0.4, -0.2) is 110 Å². The maximum absolute atomic E-state index is 9.90. The Morgan fingerprint density at radius 2 is 1.32 bits per heavy atom. The SMILES string of the molecule is Cl.O=C[C@H](O)[C@@H](O)[C@H](O)[C@H](O)CO.O=S(=O)(O)O.[NaH]. The van der Waals surface area contributed by atoms with E-state index < -0.39 is 41.4 Å². The quantitative estimate of drug-likeness (QED) is 0.146. The van der Waals surface area contributed by atoms with E-state index in [1.165, 1.54) is 0 Å². The Morgan fingerprint density at radius 3 is 1.53 bits per heavy atom. The van der Waals surface area contributed by atoms with Crippen molar-refractivity contribution in [2.75, 3.05) is 6.61 Å². The molecule has 0 saturated heterocycles. The van der Waals surface area contributed by atoms with Crippen LogP contribution in [0.2, 0.25) is 0 Å². The van der Waals surface area contributed by atoms with Crippen LogP contribution in [0.4, 0.5) is 0 Å². The van der Waals surface area contributed by atoms with Gasteiger partial charge in [-0.15, -0.1) is 12.4 Å². The third kappa shape index (κ3) is 18.6. The number of rotatable bonds is 5. The first-order valence-corrected chi connectivity index (χ1v) is 5.42. The molecule has 0 rings (SSSR count). The minimum atomic E-state index is -4.67. The Labute approximate surface area is 137 Å². The van der Waals surface area contributed by atoms with Crippen LogP contribution in [0.25, 0.3) is 0 Å². The van der Waals surface area contributed by atoms with E-state index in [1.807, 2.05) is 0 Å². The molecule has 0 fully saturated rings. The molecule has 0 radical (unpaired) electrons. The molecule has 7 N–H and O–H groups in total. The molecule has 114 valence electrons. The molecule has 0 aromatic carbocycles. The summed E-state index contributed by atoms with van der Waals surface area (Å²) in [5, 5.41) is 43.5. The zero-order chi connectivity index (χ0) is 14.2. The Kier molecular flexibility index (Phi) is 20.0. The molecule has 13 heteroatoms. The Morgan fingerprint density at radius 1 is 1.00 bits per heavy atom. The van der Waals surface area contributed by atoms with Gasteiger partial charge in [0.15, 0.2) is 6.29 Å². The fraction of sp³-hybridized carbons (Fsp3) is 0.833. The van der Waals surface area contributed by atoms with Crippen LogP contribution in [0, 0.1) is 0 Å². The van der Waals surface area contributed by atoms with Crippen LogP contribution in [0.3, 0.4) is 0 Å². The summed E-state index contributed by atoms with van der Waals surface area (Å²) in [4.78, 5) is 9.90.